The average Bonchev–Trinajstić information content (AvgIpc) is 3.06. The van der Waals surface area contributed by atoms with Gasteiger partial charge in [-0.3, -0.25) is 4.79 Å². The Kier molecular flexibility index (Phi) is 5.90. The molecule has 0 saturated carbocycles. The number of aryl methyl sites for hydroxylation is 2. The number of aliphatic hydroxyl groups is 1. The van der Waals surface area contributed by atoms with E-state index >= 15 is 0 Å². The van der Waals surface area contributed by atoms with Gasteiger partial charge in [0.05, 0.1) is 30.3 Å². The molecule has 2 heterocycles. The van der Waals surface area contributed by atoms with E-state index in [1.54, 1.807) is 31.0 Å². The van der Waals surface area contributed by atoms with Gasteiger partial charge in [-0.15, -0.1) is 0 Å². The van der Waals surface area contributed by atoms with Crippen LogP contribution in [0.3, 0.4) is 0 Å². The molecule has 0 radical (unpaired) electrons. The number of benzene rings is 1. The van der Waals surface area contributed by atoms with Crippen molar-refractivity contribution < 1.29 is 23.1 Å². The third-order valence-corrected chi connectivity index (χ3v) is 7.68. The quantitative estimate of drug-likeness (QED) is 0.818. The van der Waals surface area contributed by atoms with Gasteiger partial charge in [0.1, 0.15) is 0 Å². The van der Waals surface area contributed by atoms with Crippen molar-refractivity contribution in [1.29, 1.82) is 0 Å². The number of hydrogen-bond donors (Lipinski definition) is 1. The highest BCUT2D eigenvalue weighted by atomic mass is 32.2. The minimum atomic E-state index is -3.55. The molecule has 0 aliphatic carbocycles. The molecule has 0 bridgehead atoms. The molecule has 2 fully saturated rings. The lowest BCUT2D eigenvalue weighted by Crippen LogP contribution is -2.49. The van der Waals surface area contributed by atoms with Crippen molar-refractivity contribution in [3.05, 3.63) is 29.3 Å². The van der Waals surface area contributed by atoms with Gasteiger partial charge in [0.15, 0.2) is 0 Å². The molecule has 2 saturated heterocycles. The van der Waals surface area contributed by atoms with Crippen molar-refractivity contribution in [1.82, 2.24) is 9.21 Å². The number of rotatable bonds is 4. The highest BCUT2D eigenvalue weighted by Crippen LogP contribution is 2.27. The maximum Gasteiger partial charge on any atom is 0.243 e. The molecule has 2 aliphatic rings. The summed E-state index contributed by atoms with van der Waals surface area (Å²) >= 11 is 0. The number of carbonyl (C=O) groups excluding carboxylic acids is 1. The fourth-order valence-corrected chi connectivity index (χ4v) is 5.60. The van der Waals surface area contributed by atoms with Gasteiger partial charge in [-0.2, -0.15) is 4.31 Å². The zero-order valence-electron chi connectivity index (χ0n) is 16.1. The smallest absolute Gasteiger partial charge is 0.243 e. The van der Waals surface area contributed by atoms with E-state index in [-0.39, 0.29) is 24.5 Å². The molecule has 2 aliphatic heterocycles. The van der Waals surface area contributed by atoms with E-state index in [0.717, 1.165) is 11.1 Å². The first-order valence-electron chi connectivity index (χ1n) is 9.31. The van der Waals surface area contributed by atoms with Crippen molar-refractivity contribution >= 4 is 15.9 Å². The van der Waals surface area contributed by atoms with E-state index in [4.69, 9.17) is 4.74 Å². The van der Waals surface area contributed by atoms with Crippen LogP contribution >= 0.6 is 0 Å². The largest absolute Gasteiger partial charge is 0.388 e. The summed E-state index contributed by atoms with van der Waals surface area (Å²) < 4.78 is 32.6. The molecule has 1 N–H and O–H groups in total. The van der Waals surface area contributed by atoms with Crippen molar-refractivity contribution in [2.75, 3.05) is 33.4 Å². The molecule has 1 aromatic carbocycles. The average molecular weight is 397 g/mol. The molecule has 27 heavy (non-hydrogen) atoms. The summed E-state index contributed by atoms with van der Waals surface area (Å²) in [5.74, 6) is -0.276. The lowest BCUT2D eigenvalue weighted by atomic mass is 9.96. The Balaban J connectivity index is 1.65. The number of hydrogen-bond acceptors (Lipinski definition) is 5. The van der Waals surface area contributed by atoms with Crippen LogP contribution in [0.4, 0.5) is 0 Å². The number of nitrogens with zero attached hydrogens (tertiary/aromatic N) is 2. The van der Waals surface area contributed by atoms with Crippen molar-refractivity contribution in [3.8, 4) is 0 Å². The van der Waals surface area contributed by atoms with Crippen LogP contribution in [0.25, 0.3) is 0 Å². The van der Waals surface area contributed by atoms with Gasteiger partial charge in [-0.05, 0) is 38.3 Å². The fraction of sp³-hybridized carbons (Fsp3) is 0.632. The molecular formula is C19H28N2O5S. The molecular weight excluding hydrogens is 368 g/mol. The first-order chi connectivity index (χ1) is 12.7. The topological polar surface area (TPSA) is 87.2 Å². The van der Waals surface area contributed by atoms with Crippen molar-refractivity contribution in [2.24, 2.45) is 5.92 Å². The molecule has 1 aromatic rings. The minimum Gasteiger partial charge on any atom is -0.388 e. The van der Waals surface area contributed by atoms with Crippen LogP contribution in [0, 0.1) is 19.8 Å². The summed E-state index contributed by atoms with van der Waals surface area (Å²) in [6.07, 6.45) is 0.303. The summed E-state index contributed by atoms with van der Waals surface area (Å²) in [7, 11) is -1.87. The Hall–Kier alpha value is -1.48. The molecule has 0 aromatic heterocycles. The number of carbonyl (C=O) groups is 1. The van der Waals surface area contributed by atoms with E-state index in [9.17, 15) is 18.3 Å². The number of likely N-dealkylation sites (N-methyl/N-ethyl adjacent to an activating group) is 1. The lowest BCUT2D eigenvalue weighted by molar-refractivity contribution is -0.139. The number of piperidine rings is 1. The third kappa shape index (κ3) is 4.03. The number of amides is 1. The summed E-state index contributed by atoms with van der Waals surface area (Å²) in [5, 5.41) is 9.92. The SMILES string of the molecule is Cc1ccc(S(=O)(=O)N2CCC(C(=O)N(C)[C@@H]3COC[C@H]3O)CC2)c(C)c1. The zero-order valence-corrected chi connectivity index (χ0v) is 16.9. The molecule has 7 nitrogen and oxygen atoms in total. The van der Waals surface area contributed by atoms with Gasteiger partial charge >= 0.3 is 0 Å². The van der Waals surface area contributed by atoms with Crippen LogP contribution in [0.5, 0.6) is 0 Å². The third-order valence-electron chi connectivity index (χ3n) is 5.62. The molecule has 0 unspecified atom stereocenters. The van der Waals surface area contributed by atoms with E-state index in [1.165, 1.54) is 4.31 Å². The Bertz CT molecular complexity index is 802. The highest BCUT2D eigenvalue weighted by molar-refractivity contribution is 7.89. The zero-order chi connectivity index (χ0) is 19.8. The summed E-state index contributed by atoms with van der Waals surface area (Å²) in [4.78, 5) is 14.6. The molecule has 1 amide bonds. The molecule has 150 valence electrons. The van der Waals surface area contributed by atoms with Gasteiger partial charge in [0.2, 0.25) is 15.9 Å². The highest BCUT2D eigenvalue weighted by Gasteiger charge is 2.38. The Morgan fingerprint density at radius 1 is 1.22 bits per heavy atom. The molecule has 2 atom stereocenters. The first kappa shape index (κ1) is 20.3. The second-order valence-electron chi connectivity index (χ2n) is 7.57. The molecule has 0 spiro atoms. The maximum absolute atomic E-state index is 13.0. The summed E-state index contributed by atoms with van der Waals surface area (Å²) in [6, 6.07) is 5.01. The fourth-order valence-electron chi connectivity index (χ4n) is 3.92. The predicted molar refractivity (Wildman–Crippen MR) is 101 cm³/mol. The van der Waals surface area contributed by atoms with E-state index in [1.807, 2.05) is 13.0 Å². The monoisotopic (exact) mass is 396 g/mol. The summed E-state index contributed by atoms with van der Waals surface area (Å²) in [6.45, 7) is 4.97. The van der Waals surface area contributed by atoms with Crippen LogP contribution in [-0.2, 0) is 19.6 Å². The van der Waals surface area contributed by atoms with Crippen LogP contribution < -0.4 is 0 Å². The van der Waals surface area contributed by atoms with E-state index in [0.29, 0.717) is 37.4 Å². The van der Waals surface area contributed by atoms with Crippen LogP contribution in [0.1, 0.15) is 24.0 Å². The first-order valence-corrected chi connectivity index (χ1v) is 10.8. The second kappa shape index (κ2) is 7.87. The van der Waals surface area contributed by atoms with E-state index < -0.39 is 16.1 Å². The number of aliphatic hydroxyl groups excluding tert-OH is 1. The number of ether oxygens (including phenoxy) is 1. The van der Waals surface area contributed by atoms with Crippen LogP contribution in [-0.4, -0.2) is 74.1 Å². The molecule has 8 heteroatoms. The van der Waals surface area contributed by atoms with Crippen molar-refractivity contribution in [2.45, 2.75) is 43.7 Å². The Morgan fingerprint density at radius 2 is 1.89 bits per heavy atom. The molecule has 3 rings (SSSR count). The van der Waals surface area contributed by atoms with Crippen molar-refractivity contribution in [3.63, 3.8) is 0 Å². The van der Waals surface area contributed by atoms with Crippen LogP contribution in [0.15, 0.2) is 23.1 Å². The standard InChI is InChI=1S/C19H28N2O5S/c1-13-4-5-18(14(2)10-13)27(24,25)21-8-6-15(7-9-21)19(23)20(3)16-11-26-12-17(16)22/h4-5,10,15-17,22H,6-9,11-12H2,1-3H3/t16-,17-/m1/s1. The predicted octanol–water partition coefficient (Wildman–Crippen LogP) is 0.922. The lowest BCUT2D eigenvalue weighted by Gasteiger charge is -2.34. The van der Waals surface area contributed by atoms with Gasteiger partial charge in [0, 0.05) is 26.1 Å². The second-order valence-corrected chi connectivity index (χ2v) is 9.47. The van der Waals surface area contributed by atoms with Gasteiger partial charge in [0.25, 0.3) is 0 Å². The maximum atomic E-state index is 13.0. The normalized spacial score (nSPS) is 24.9. The Morgan fingerprint density at radius 3 is 2.44 bits per heavy atom. The van der Waals surface area contributed by atoms with Gasteiger partial charge in [-0.25, -0.2) is 8.42 Å². The van der Waals surface area contributed by atoms with Gasteiger partial charge < -0.3 is 14.7 Å². The minimum absolute atomic E-state index is 0.0480. The Labute approximate surface area is 161 Å². The van der Waals surface area contributed by atoms with E-state index in [2.05, 4.69) is 0 Å². The summed E-state index contributed by atoms with van der Waals surface area (Å²) in [5.41, 5.74) is 1.76. The number of sulfonamides is 1. The van der Waals surface area contributed by atoms with Crippen LogP contribution in [0.2, 0.25) is 0 Å². The van der Waals surface area contributed by atoms with Gasteiger partial charge in [-0.1, -0.05) is 17.7 Å².